The summed E-state index contributed by atoms with van der Waals surface area (Å²) in [7, 11) is -10.8. The summed E-state index contributed by atoms with van der Waals surface area (Å²) in [6, 6.07) is 0. The average molecular weight is 516 g/mol. The molecule has 0 aromatic carbocycles. The minimum absolute atomic E-state index is 0.385. The van der Waals surface area contributed by atoms with Crippen molar-refractivity contribution < 1.29 is 32.6 Å². The van der Waals surface area contributed by atoms with Crippen LogP contribution in [-0.2, 0) is 18.0 Å². The molecule has 0 rings (SSSR count). The van der Waals surface area contributed by atoms with Crippen LogP contribution in [0.5, 0.6) is 0 Å². The molecule has 1 unspecified atom stereocenters. The summed E-state index contributed by atoms with van der Waals surface area (Å²) in [6.07, 6.45) is 18.5. The van der Waals surface area contributed by atoms with Gasteiger partial charge in [-0.3, -0.25) is 8.88 Å². The lowest BCUT2D eigenvalue weighted by molar-refractivity contribution is -0.339. The second kappa shape index (κ2) is 17.4. The van der Waals surface area contributed by atoms with Gasteiger partial charge in [-0.15, -0.1) is 0 Å². The van der Waals surface area contributed by atoms with Gasteiger partial charge in [0.15, 0.2) is 0 Å². The summed E-state index contributed by atoms with van der Waals surface area (Å²) in [5.74, 6) is 0. The van der Waals surface area contributed by atoms with Crippen molar-refractivity contribution in [3.63, 3.8) is 0 Å². The molecule has 0 aromatic heterocycles. The predicted octanol–water partition coefficient (Wildman–Crippen LogP) is 6.19. The number of hydrogen-bond donors (Lipinski definition) is 0. The minimum atomic E-state index is -5.65. The van der Waals surface area contributed by atoms with Gasteiger partial charge in [0.25, 0.3) is 7.82 Å². The molecule has 0 heterocycles. The van der Waals surface area contributed by atoms with Crippen LogP contribution in [0.4, 0.5) is 0 Å². The van der Waals surface area contributed by atoms with Gasteiger partial charge in [-0.2, -0.15) is 0 Å². The van der Waals surface area contributed by atoms with Crippen LogP contribution in [0.3, 0.4) is 0 Å². The fourth-order valence-corrected chi connectivity index (χ4v) is 4.48. The molecule has 0 N–H and O–H groups in total. The van der Waals surface area contributed by atoms with Crippen LogP contribution in [-0.4, -0.2) is 6.61 Å². The molecular weight excluding hydrogens is 474 g/mol. The van der Waals surface area contributed by atoms with Crippen LogP contribution in [0.2, 0.25) is 0 Å². The molecule has 7 nitrogen and oxygen atoms in total. The third-order valence-corrected chi connectivity index (χ3v) is 7.12. The Bertz CT molecular complexity index is 856. The van der Waals surface area contributed by atoms with Gasteiger partial charge in [-0.25, -0.2) is 0 Å². The maximum atomic E-state index is 11.2. The molecule has 0 saturated heterocycles. The lowest BCUT2D eigenvalue weighted by Crippen LogP contribution is -2.19. The van der Waals surface area contributed by atoms with Crippen molar-refractivity contribution in [2.45, 2.75) is 92.9 Å². The lowest BCUT2D eigenvalue weighted by Gasteiger charge is -2.34. The van der Waals surface area contributed by atoms with Crippen molar-refractivity contribution in [1.82, 2.24) is 0 Å². The molecule has 0 fully saturated rings. The van der Waals surface area contributed by atoms with Crippen LogP contribution in [0, 0.1) is 0 Å². The largest absolute Gasteiger partial charge is 0.790 e. The zero-order valence-electron chi connectivity index (χ0n) is 21.5. The molecular formula is C25H41O7P2-3. The zero-order valence-corrected chi connectivity index (χ0v) is 23.3. The van der Waals surface area contributed by atoms with Gasteiger partial charge in [-0.05, 0) is 92.9 Å². The van der Waals surface area contributed by atoms with Gasteiger partial charge in [0.1, 0.15) is 0 Å². The Balaban J connectivity index is 4.22. The van der Waals surface area contributed by atoms with Crippen molar-refractivity contribution in [3.8, 4) is 0 Å². The van der Waals surface area contributed by atoms with E-state index in [2.05, 4.69) is 67.8 Å². The minimum Gasteiger partial charge on any atom is -0.790 e. The van der Waals surface area contributed by atoms with Crippen molar-refractivity contribution in [3.05, 3.63) is 58.2 Å². The molecule has 196 valence electrons. The first kappa shape index (κ1) is 33.0. The number of phosphoric acid groups is 2. The highest BCUT2D eigenvalue weighted by molar-refractivity contribution is 7.58. The van der Waals surface area contributed by atoms with Gasteiger partial charge < -0.3 is 23.8 Å². The summed E-state index contributed by atoms with van der Waals surface area (Å²) in [6.45, 7) is 12.2. The Morgan fingerprint density at radius 3 is 1.32 bits per heavy atom. The predicted molar refractivity (Wildman–Crippen MR) is 134 cm³/mol. The first-order valence-corrected chi connectivity index (χ1v) is 14.6. The van der Waals surface area contributed by atoms with E-state index >= 15 is 0 Å². The molecule has 0 aliphatic heterocycles. The van der Waals surface area contributed by atoms with Crippen LogP contribution in [0.25, 0.3) is 0 Å². The monoisotopic (exact) mass is 515 g/mol. The average Bonchev–Trinajstić information content (AvgIpc) is 2.65. The van der Waals surface area contributed by atoms with E-state index in [0.717, 1.165) is 50.5 Å². The van der Waals surface area contributed by atoms with E-state index in [0.29, 0.717) is 6.42 Å². The topological polar surface area (TPSA) is 122 Å². The third kappa shape index (κ3) is 21.5. The lowest BCUT2D eigenvalue weighted by atomic mass is 10.0. The van der Waals surface area contributed by atoms with Gasteiger partial charge in [0.2, 0.25) is 0 Å². The van der Waals surface area contributed by atoms with E-state index < -0.39 is 15.6 Å². The summed E-state index contributed by atoms with van der Waals surface area (Å²) in [4.78, 5) is 31.9. The van der Waals surface area contributed by atoms with Crippen LogP contribution in [0.1, 0.15) is 92.9 Å². The van der Waals surface area contributed by atoms with E-state index in [1.54, 1.807) is 0 Å². The fraction of sp³-hybridized carbons (Fsp3) is 0.600. The molecule has 0 saturated carbocycles. The van der Waals surface area contributed by atoms with Gasteiger partial charge in [0.05, 0.1) is 14.4 Å². The Hall–Kier alpha value is -1.04. The molecule has 0 aromatic rings. The van der Waals surface area contributed by atoms with Crippen LogP contribution < -0.4 is 14.7 Å². The Kier molecular flexibility index (Phi) is 16.9. The Labute approximate surface area is 206 Å². The molecule has 1 atom stereocenters. The molecule has 0 spiro atoms. The molecule has 0 bridgehead atoms. The molecule has 0 aliphatic rings. The van der Waals surface area contributed by atoms with Crippen molar-refractivity contribution in [2.24, 2.45) is 0 Å². The smallest absolute Gasteiger partial charge is 0.272 e. The first-order chi connectivity index (χ1) is 15.7. The number of phosphoric ester groups is 1. The molecule has 0 aliphatic carbocycles. The first-order valence-electron chi connectivity index (χ1n) is 11.6. The quantitative estimate of drug-likeness (QED) is 0.167. The number of rotatable bonds is 17. The van der Waals surface area contributed by atoms with E-state index in [9.17, 15) is 23.8 Å². The SMILES string of the molecule is CC(C)=CCC/C(C)=C/CC/C(C)=C/CC/C(C)=C/CC/C(C)=C\COP(=O)([O-])OP(=O)([O-])[O-]. The van der Waals surface area contributed by atoms with Crippen molar-refractivity contribution >= 4 is 15.6 Å². The third-order valence-electron chi connectivity index (χ3n) is 5.05. The van der Waals surface area contributed by atoms with Crippen molar-refractivity contribution in [1.29, 1.82) is 0 Å². The van der Waals surface area contributed by atoms with Crippen LogP contribution in [0.15, 0.2) is 58.2 Å². The number of hydrogen-bond acceptors (Lipinski definition) is 7. The second-order valence-corrected chi connectivity index (χ2v) is 11.6. The Morgan fingerprint density at radius 1 is 0.618 bits per heavy atom. The standard InChI is InChI=1S/C25H44O7P2/c1-21(2)11-7-12-22(3)13-8-14-23(4)15-9-16-24(5)17-10-18-25(6)19-20-31-34(29,30)32-33(26,27)28/h11,13,15,17,19H,7-10,12,14,16,18,20H2,1-6H3,(H,29,30)(H2,26,27,28)/p-3/b22-13+,23-15+,24-17+,25-19-. The Morgan fingerprint density at radius 2 is 0.971 bits per heavy atom. The van der Waals surface area contributed by atoms with E-state index in [4.69, 9.17) is 0 Å². The van der Waals surface area contributed by atoms with E-state index in [1.807, 2.05) is 6.92 Å². The summed E-state index contributed by atoms with van der Waals surface area (Å²) in [5, 5.41) is 0. The zero-order chi connectivity index (χ0) is 26.2. The molecule has 34 heavy (non-hydrogen) atoms. The van der Waals surface area contributed by atoms with Crippen molar-refractivity contribution in [2.75, 3.05) is 6.61 Å². The maximum Gasteiger partial charge on any atom is 0.272 e. The van der Waals surface area contributed by atoms with Gasteiger partial charge >= 0.3 is 0 Å². The summed E-state index contributed by atoms with van der Waals surface area (Å²) < 4.78 is 29.3. The highest BCUT2D eigenvalue weighted by Crippen LogP contribution is 2.50. The number of allylic oxidation sites excluding steroid dienone is 9. The highest BCUT2D eigenvalue weighted by Gasteiger charge is 2.10. The van der Waals surface area contributed by atoms with Crippen LogP contribution >= 0.6 is 15.6 Å². The normalized spacial score (nSPS) is 15.9. The highest BCUT2D eigenvalue weighted by atomic mass is 31.3. The van der Waals surface area contributed by atoms with Gasteiger partial charge in [0, 0.05) is 0 Å². The fourth-order valence-electron chi connectivity index (χ4n) is 3.05. The van der Waals surface area contributed by atoms with E-state index in [-0.39, 0.29) is 6.61 Å². The molecule has 9 heteroatoms. The summed E-state index contributed by atoms with van der Waals surface area (Å²) in [5.41, 5.74) is 6.41. The maximum absolute atomic E-state index is 11.2. The van der Waals surface area contributed by atoms with E-state index in [1.165, 1.54) is 28.4 Å². The molecule has 0 amide bonds. The molecule has 0 radical (unpaired) electrons. The van der Waals surface area contributed by atoms with Gasteiger partial charge in [-0.1, -0.05) is 58.2 Å². The summed E-state index contributed by atoms with van der Waals surface area (Å²) >= 11 is 0. The second-order valence-electron chi connectivity index (χ2n) is 8.91.